The van der Waals surface area contributed by atoms with Gasteiger partial charge >= 0.3 is 6.01 Å². The molecule has 0 radical (unpaired) electrons. The van der Waals surface area contributed by atoms with Crippen LogP contribution < -0.4 is 24.4 Å². The van der Waals surface area contributed by atoms with Crippen molar-refractivity contribution >= 4 is 27.5 Å². The van der Waals surface area contributed by atoms with Crippen molar-refractivity contribution in [3.63, 3.8) is 0 Å². The third kappa shape index (κ3) is 7.31. The van der Waals surface area contributed by atoms with Gasteiger partial charge in [-0.3, -0.25) is 4.90 Å². The lowest BCUT2D eigenvalue weighted by atomic mass is 9.95. The molecule has 2 aromatic carbocycles. The Morgan fingerprint density at radius 1 is 1.10 bits per heavy atom. The Balaban J connectivity index is 1.09. The van der Waals surface area contributed by atoms with Gasteiger partial charge in [0.2, 0.25) is 5.88 Å². The molecule has 5 aliphatic heterocycles. The number of aliphatic hydroxyl groups is 1. The maximum atomic E-state index is 17.6. The van der Waals surface area contributed by atoms with Crippen LogP contribution in [0.1, 0.15) is 77.2 Å². The van der Waals surface area contributed by atoms with Crippen LogP contribution in [0.2, 0.25) is 0 Å². The van der Waals surface area contributed by atoms with Crippen molar-refractivity contribution in [1.82, 2.24) is 25.2 Å². The minimum Gasteiger partial charge on any atom is -0.491 e. The molecule has 58 heavy (non-hydrogen) atoms. The summed E-state index contributed by atoms with van der Waals surface area (Å²) in [7, 11) is 0. The predicted octanol–water partition coefficient (Wildman–Crippen LogP) is 6.59. The fourth-order valence-electron chi connectivity index (χ4n) is 10.1. The summed E-state index contributed by atoms with van der Waals surface area (Å²) in [5.41, 5.74) is 0.545. The van der Waals surface area contributed by atoms with Crippen LogP contribution in [0.4, 0.5) is 14.6 Å². The molecule has 0 spiro atoms. The summed E-state index contributed by atoms with van der Waals surface area (Å²) < 4.78 is 57.3. The number of pyridine rings is 1. The van der Waals surface area contributed by atoms with Gasteiger partial charge < -0.3 is 34.3 Å². The van der Waals surface area contributed by atoms with E-state index in [4.69, 9.17) is 40.3 Å². The van der Waals surface area contributed by atoms with Crippen molar-refractivity contribution in [2.45, 2.75) is 108 Å². The Hall–Kier alpha value is -4.35. The van der Waals surface area contributed by atoms with Crippen molar-refractivity contribution in [3.05, 3.63) is 41.7 Å². The molecule has 0 aliphatic carbocycles. The van der Waals surface area contributed by atoms with Crippen LogP contribution in [0.15, 0.2) is 30.3 Å². The Morgan fingerprint density at radius 3 is 2.84 bits per heavy atom. The highest BCUT2D eigenvalue weighted by atomic mass is 19.1. The highest BCUT2D eigenvalue weighted by Gasteiger charge is 2.50. The Morgan fingerprint density at radius 2 is 2.00 bits per heavy atom. The number of nitrogens with one attached hydrogen (secondary N) is 1. The van der Waals surface area contributed by atoms with Gasteiger partial charge in [-0.1, -0.05) is 51.2 Å². The minimum atomic E-state index is -0.915. The zero-order valence-corrected chi connectivity index (χ0v) is 33.5. The second-order valence-electron chi connectivity index (χ2n) is 17.0. The molecule has 2 aromatic heterocycles. The van der Waals surface area contributed by atoms with Crippen LogP contribution in [0.3, 0.4) is 0 Å². The molecular weight excluding hydrogens is 743 g/mol. The number of aliphatic hydroxyl groups excluding tert-OH is 1. The largest absolute Gasteiger partial charge is 0.491 e. The van der Waals surface area contributed by atoms with E-state index in [0.717, 1.165) is 63.3 Å². The SMILES string of the molecule is C#Cc1cccc2cc(OCC(O)COCC(CC)CCCC)cc(-c3nc4c5c(nc(OC[C@@]67CCCN6C[C@H](F)C7)nc5c3F)N3C[C@H]5CC[C@H](N5)[C@H]3CO4)c12. The first kappa shape index (κ1) is 39.1. The van der Waals surface area contributed by atoms with Crippen molar-refractivity contribution < 1.29 is 32.8 Å². The van der Waals surface area contributed by atoms with E-state index in [0.29, 0.717) is 72.1 Å². The summed E-state index contributed by atoms with van der Waals surface area (Å²) in [6.07, 6.45) is 12.9. The number of unbranched alkanes of at least 4 members (excludes halogenated alkanes) is 1. The van der Waals surface area contributed by atoms with Crippen LogP contribution in [0.25, 0.3) is 32.9 Å². The fraction of sp³-hybridized carbons (Fsp3) is 0.578. The molecule has 4 aromatic rings. The summed E-state index contributed by atoms with van der Waals surface area (Å²) >= 11 is 0. The maximum absolute atomic E-state index is 17.6. The number of fused-ring (bicyclic) bond motifs is 7. The number of hydrogen-bond donors (Lipinski definition) is 2. The topological polar surface area (TPSA) is 114 Å². The summed E-state index contributed by atoms with van der Waals surface area (Å²) in [4.78, 5) is 19.0. The van der Waals surface area contributed by atoms with E-state index in [1.807, 2.05) is 24.3 Å². The van der Waals surface area contributed by atoms with Gasteiger partial charge in [0, 0.05) is 54.7 Å². The summed E-state index contributed by atoms with van der Waals surface area (Å²) in [5, 5.41) is 16.3. The number of rotatable bonds is 15. The maximum Gasteiger partial charge on any atom is 0.319 e. The molecular formula is C45H54F2N6O5. The van der Waals surface area contributed by atoms with E-state index in [9.17, 15) is 9.50 Å². The van der Waals surface area contributed by atoms with Gasteiger partial charge in [0.25, 0.3) is 0 Å². The Kier molecular flexibility index (Phi) is 11.0. The van der Waals surface area contributed by atoms with E-state index in [-0.39, 0.29) is 61.0 Å². The first-order chi connectivity index (χ1) is 28.3. The molecule has 4 fully saturated rings. The normalized spacial score (nSPS) is 25.9. The summed E-state index contributed by atoms with van der Waals surface area (Å²) in [5.74, 6) is 3.71. The lowest BCUT2D eigenvalue weighted by Crippen LogP contribution is -2.60. The molecule has 2 N–H and O–H groups in total. The lowest BCUT2D eigenvalue weighted by Gasteiger charge is -2.40. The number of nitrogens with zero attached hydrogens (tertiary/aromatic N) is 5. The first-order valence-corrected chi connectivity index (χ1v) is 21.3. The molecule has 4 saturated heterocycles. The molecule has 13 heteroatoms. The number of piperazine rings is 1. The van der Waals surface area contributed by atoms with Gasteiger partial charge in [0.15, 0.2) is 5.82 Å². The van der Waals surface area contributed by atoms with E-state index >= 15 is 4.39 Å². The highest BCUT2D eigenvalue weighted by molar-refractivity contribution is 6.04. The minimum absolute atomic E-state index is 0.00559. The molecule has 308 valence electrons. The third-order valence-electron chi connectivity index (χ3n) is 13.2. The molecule has 2 bridgehead atoms. The van der Waals surface area contributed by atoms with Crippen LogP contribution in [0, 0.1) is 24.1 Å². The van der Waals surface area contributed by atoms with Crippen molar-refractivity contribution in [2.24, 2.45) is 5.92 Å². The lowest BCUT2D eigenvalue weighted by molar-refractivity contribution is -0.00106. The van der Waals surface area contributed by atoms with Crippen LogP contribution >= 0.6 is 0 Å². The number of ether oxygens (including phenoxy) is 4. The fourth-order valence-corrected chi connectivity index (χ4v) is 10.1. The van der Waals surface area contributed by atoms with Crippen molar-refractivity contribution in [2.75, 3.05) is 57.6 Å². The van der Waals surface area contributed by atoms with Gasteiger partial charge in [0.1, 0.15) is 60.3 Å². The third-order valence-corrected chi connectivity index (χ3v) is 13.2. The number of terminal acetylenes is 1. The van der Waals surface area contributed by atoms with Crippen LogP contribution in [-0.4, -0.2) is 114 Å². The second kappa shape index (κ2) is 16.4. The van der Waals surface area contributed by atoms with Crippen LogP contribution in [0.5, 0.6) is 17.6 Å². The Bertz CT molecular complexity index is 2200. The number of aromatic nitrogens is 3. The second-order valence-corrected chi connectivity index (χ2v) is 17.0. The molecule has 2 unspecified atom stereocenters. The number of alkyl halides is 1. The first-order valence-electron chi connectivity index (χ1n) is 21.3. The molecule has 7 atom stereocenters. The smallest absolute Gasteiger partial charge is 0.319 e. The number of halogens is 2. The van der Waals surface area contributed by atoms with Crippen molar-refractivity contribution in [3.8, 4) is 41.2 Å². The number of benzene rings is 2. The molecule has 11 nitrogen and oxygen atoms in total. The zero-order valence-electron chi connectivity index (χ0n) is 33.5. The van der Waals surface area contributed by atoms with Gasteiger partial charge in [-0.25, -0.2) is 13.8 Å². The quantitative estimate of drug-likeness (QED) is 0.127. The van der Waals surface area contributed by atoms with Crippen molar-refractivity contribution in [1.29, 1.82) is 0 Å². The number of anilines is 1. The Labute approximate surface area is 338 Å². The van der Waals surface area contributed by atoms with E-state index in [2.05, 4.69) is 34.9 Å². The average molecular weight is 797 g/mol. The molecule has 7 heterocycles. The zero-order chi connectivity index (χ0) is 40.0. The van der Waals surface area contributed by atoms with E-state index < -0.39 is 23.6 Å². The monoisotopic (exact) mass is 796 g/mol. The van der Waals surface area contributed by atoms with Crippen LogP contribution in [-0.2, 0) is 4.74 Å². The molecule has 0 amide bonds. The molecule has 9 rings (SSSR count). The highest BCUT2D eigenvalue weighted by Crippen LogP contribution is 2.45. The van der Waals surface area contributed by atoms with Gasteiger partial charge in [-0.2, -0.15) is 9.97 Å². The van der Waals surface area contributed by atoms with Gasteiger partial charge in [-0.05, 0) is 68.2 Å². The van der Waals surface area contributed by atoms with E-state index in [1.165, 1.54) is 0 Å². The van der Waals surface area contributed by atoms with Gasteiger partial charge in [0.05, 0.1) is 18.2 Å². The predicted molar refractivity (Wildman–Crippen MR) is 219 cm³/mol. The summed E-state index contributed by atoms with van der Waals surface area (Å²) in [6, 6.07) is 9.50. The molecule has 0 saturated carbocycles. The van der Waals surface area contributed by atoms with Gasteiger partial charge in [-0.15, -0.1) is 6.42 Å². The van der Waals surface area contributed by atoms with E-state index in [1.54, 1.807) is 6.07 Å². The standard InChI is InChI=1S/C45H54F2N6O5/c1-4-7-10-27(5-2)22-55-23-32(54)24-56-33-17-29-12-8-11-28(6-3)37(29)34(18-33)40-39(47)41-38-42(53-21-31-13-14-35(48-31)36(53)25-57-43(38)49-40)51-44(50-41)58-26-45-15-9-16-52(45)20-30(46)19-45/h3,8,11-12,17-18,27,30-32,35-36,48,54H,4-5,7,9-10,13-16,19-26H2,1-2H3/t27?,30-,31-,32?,35+,36-,45+/m1/s1. The molecule has 5 aliphatic rings. The number of hydrogen-bond acceptors (Lipinski definition) is 11. The average Bonchev–Trinajstić information content (AvgIpc) is 3.87. The summed E-state index contributed by atoms with van der Waals surface area (Å²) in [6.45, 7) is 7.46.